The minimum atomic E-state index is -0.377. The van der Waals surface area contributed by atoms with Crippen LogP contribution in [0.25, 0.3) is 0 Å². The standard InChI is InChI=1S/C12H26N4O2/c13-6-8-2-3-9(15)12(17-8)18-11-4-1-7(14)5-10(11)16/h7-12H,1-6,13-16H2/t7-,8-,9+,10-,11-,12+/m0/s1. The lowest BCUT2D eigenvalue weighted by molar-refractivity contribution is -0.227. The lowest BCUT2D eigenvalue weighted by atomic mass is 9.89. The second-order valence-corrected chi connectivity index (χ2v) is 5.51. The topological polar surface area (TPSA) is 123 Å². The van der Waals surface area contributed by atoms with Crippen molar-refractivity contribution in [3.05, 3.63) is 0 Å². The first kappa shape index (κ1) is 14.2. The minimum absolute atomic E-state index is 0.00243. The summed E-state index contributed by atoms with van der Waals surface area (Å²) in [7, 11) is 0. The molecule has 106 valence electrons. The number of ether oxygens (including phenoxy) is 2. The predicted octanol–water partition coefficient (Wildman–Crippen LogP) is -0.999. The Morgan fingerprint density at radius 3 is 2.44 bits per heavy atom. The SMILES string of the molecule is NC[C@@H]1CC[C@@H](N)[C@@H](O[C@H]2CC[C@H](N)C[C@@H]2N)O1. The Balaban J connectivity index is 1.87. The van der Waals surface area contributed by atoms with Gasteiger partial charge in [0.1, 0.15) is 0 Å². The molecular weight excluding hydrogens is 232 g/mol. The zero-order valence-corrected chi connectivity index (χ0v) is 10.8. The van der Waals surface area contributed by atoms with Crippen LogP contribution in [0.5, 0.6) is 0 Å². The van der Waals surface area contributed by atoms with Gasteiger partial charge in [0, 0.05) is 18.6 Å². The van der Waals surface area contributed by atoms with Crippen LogP contribution in [0.4, 0.5) is 0 Å². The van der Waals surface area contributed by atoms with Crippen molar-refractivity contribution >= 4 is 0 Å². The summed E-state index contributed by atoms with van der Waals surface area (Å²) in [5.74, 6) is 0. The van der Waals surface area contributed by atoms with Crippen LogP contribution < -0.4 is 22.9 Å². The van der Waals surface area contributed by atoms with Crippen LogP contribution in [0.1, 0.15) is 32.1 Å². The zero-order chi connectivity index (χ0) is 13.1. The second kappa shape index (κ2) is 6.27. The number of hydrogen-bond acceptors (Lipinski definition) is 6. The van der Waals surface area contributed by atoms with E-state index in [-0.39, 0.29) is 36.6 Å². The molecule has 1 saturated carbocycles. The van der Waals surface area contributed by atoms with Crippen molar-refractivity contribution in [2.24, 2.45) is 22.9 Å². The Kier molecular flexibility index (Phi) is 4.94. The largest absolute Gasteiger partial charge is 0.346 e. The molecule has 0 aromatic carbocycles. The van der Waals surface area contributed by atoms with Crippen LogP contribution in [0.3, 0.4) is 0 Å². The lowest BCUT2D eigenvalue weighted by Gasteiger charge is -2.39. The molecule has 2 fully saturated rings. The van der Waals surface area contributed by atoms with E-state index in [1.165, 1.54) is 0 Å². The predicted molar refractivity (Wildman–Crippen MR) is 69.6 cm³/mol. The van der Waals surface area contributed by atoms with Crippen LogP contribution in [-0.2, 0) is 9.47 Å². The molecule has 0 amide bonds. The molecule has 6 heteroatoms. The highest BCUT2D eigenvalue weighted by molar-refractivity contribution is 4.87. The second-order valence-electron chi connectivity index (χ2n) is 5.51. The molecular formula is C12H26N4O2. The van der Waals surface area contributed by atoms with E-state index in [0.717, 1.165) is 32.1 Å². The van der Waals surface area contributed by atoms with Crippen LogP contribution in [0.15, 0.2) is 0 Å². The van der Waals surface area contributed by atoms with Gasteiger partial charge < -0.3 is 32.4 Å². The molecule has 1 aliphatic carbocycles. The van der Waals surface area contributed by atoms with E-state index < -0.39 is 0 Å². The molecule has 8 N–H and O–H groups in total. The Bertz CT molecular complexity index is 266. The minimum Gasteiger partial charge on any atom is -0.346 e. The summed E-state index contributed by atoms with van der Waals surface area (Å²) in [6.45, 7) is 0.508. The Hall–Kier alpha value is -0.240. The average molecular weight is 258 g/mol. The summed E-state index contributed by atoms with van der Waals surface area (Å²) >= 11 is 0. The van der Waals surface area contributed by atoms with Gasteiger partial charge in [0.25, 0.3) is 0 Å². The maximum atomic E-state index is 6.07. The van der Waals surface area contributed by atoms with E-state index in [4.69, 9.17) is 32.4 Å². The fourth-order valence-electron chi connectivity index (χ4n) is 2.73. The molecule has 0 bridgehead atoms. The number of rotatable bonds is 3. The highest BCUT2D eigenvalue weighted by atomic mass is 16.7. The maximum Gasteiger partial charge on any atom is 0.173 e. The van der Waals surface area contributed by atoms with Crippen molar-refractivity contribution in [1.29, 1.82) is 0 Å². The molecule has 2 aliphatic rings. The maximum absolute atomic E-state index is 6.07. The molecule has 18 heavy (non-hydrogen) atoms. The van der Waals surface area contributed by atoms with Gasteiger partial charge >= 0.3 is 0 Å². The first-order valence-corrected chi connectivity index (χ1v) is 6.88. The quantitative estimate of drug-likeness (QED) is 0.515. The van der Waals surface area contributed by atoms with E-state index >= 15 is 0 Å². The third kappa shape index (κ3) is 3.40. The van der Waals surface area contributed by atoms with Gasteiger partial charge in [-0.05, 0) is 32.1 Å². The van der Waals surface area contributed by atoms with Gasteiger partial charge in [0.05, 0.1) is 18.2 Å². The average Bonchev–Trinajstić information content (AvgIpc) is 2.35. The van der Waals surface area contributed by atoms with Gasteiger partial charge in [0.15, 0.2) is 6.29 Å². The molecule has 1 saturated heterocycles. The summed E-state index contributed by atoms with van der Waals surface area (Å²) in [5.41, 5.74) is 23.6. The van der Waals surface area contributed by atoms with E-state index in [1.54, 1.807) is 0 Å². The Morgan fingerprint density at radius 1 is 1.00 bits per heavy atom. The molecule has 0 aromatic rings. The number of hydrogen-bond donors (Lipinski definition) is 4. The normalized spacial score (nSPS) is 46.0. The first-order chi connectivity index (χ1) is 8.60. The highest BCUT2D eigenvalue weighted by Gasteiger charge is 2.34. The fraction of sp³-hybridized carbons (Fsp3) is 1.00. The number of nitrogens with two attached hydrogens (primary N) is 4. The molecule has 1 heterocycles. The van der Waals surface area contributed by atoms with Crippen molar-refractivity contribution in [1.82, 2.24) is 0 Å². The van der Waals surface area contributed by atoms with E-state index in [9.17, 15) is 0 Å². The van der Waals surface area contributed by atoms with Gasteiger partial charge in [-0.25, -0.2) is 0 Å². The highest BCUT2D eigenvalue weighted by Crippen LogP contribution is 2.25. The molecule has 6 atom stereocenters. The van der Waals surface area contributed by atoms with Crippen molar-refractivity contribution in [3.63, 3.8) is 0 Å². The lowest BCUT2D eigenvalue weighted by Crippen LogP contribution is -2.53. The first-order valence-electron chi connectivity index (χ1n) is 6.88. The Labute approximate surface area is 108 Å². The fourth-order valence-corrected chi connectivity index (χ4v) is 2.73. The van der Waals surface area contributed by atoms with Crippen LogP contribution in [0, 0.1) is 0 Å². The molecule has 0 spiro atoms. The van der Waals surface area contributed by atoms with E-state index in [2.05, 4.69) is 0 Å². The van der Waals surface area contributed by atoms with Crippen LogP contribution in [0.2, 0.25) is 0 Å². The third-order valence-corrected chi connectivity index (χ3v) is 3.94. The van der Waals surface area contributed by atoms with Crippen molar-refractivity contribution in [2.45, 2.75) is 68.7 Å². The molecule has 0 unspecified atom stereocenters. The molecule has 2 rings (SSSR count). The summed E-state index contributed by atoms with van der Waals surface area (Å²) in [4.78, 5) is 0. The van der Waals surface area contributed by atoms with Crippen molar-refractivity contribution in [2.75, 3.05) is 6.54 Å². The van der Waals surface area contributed by atoms with Crippen LogP contribution in [-0.4, -0.2) is 43.2 Å². The van der Waals surface area contributed by atoms with Gasteiger partial charge in [-0.1, -0.05) is 0 Å². The van der Waals surface area contributed by atoms with Gasteiger partial charge in [-0.15, -0.1) is 0 Å². The third-order valence-electron chi connectivity index (χ3n) is 3.94. The summed E-state index contributed by atoms with van der Waals surface area (Å²) in [6, 6.07) is 0.0796. The molecule has 0 aromatic heterocycles. The smallest absolute Gasteiger partial charge is 0.173 e. The van der Waals surface area contributed by atoms with Crippen molar-refractivity contribution < 1.29 is 9.47 Å². The summed E-state index contributed by atoms with van der Waals surface area (Å²) in [5, 5.41) is 0. The summed E-state index contributed by atoms with van der Waals surface area (Å²) in [6.07, 6.45) is 4.08. The van der Waals surface area contributed by atoms with E-state index in [1.807, 2.05) is 0 Å². The van der Waals surface area contributed by atoms with Crippen LogP contribution >= 0.6 is 0 Å². The van der Waals surface area contributed by atoms with E-state index in [0.29, 0.717) is 6.54 Å². The summed E-state index contributed by atoms with van der Waals surface area (Å²) < 4.78 is 11.7. The van der Waals surface area contributed by atoms with Crippen molar-refractivity contribution in [3.8, 4) is 0 Å². The van der Waals surface area contributed by atoms with Gasteiger partial charge in [0.2, 0.25) is 0 Å². The van der Waals surface area contributed by atoms with Gasteiger partial charge in [-0.3, -0.25) is 0 Å². The molecule has 1 aliphatic heterocycles. The monoisotopic (exact) mass is 258 g/mol. The Morgan fingerprint density at radius 2 is 1.78 bits per heavy atom. The van der Waals surface area contributed by atoms with Gasteiger partial charge in [-0.2, -0.15) is 0 Å². The molecule has 6 nitrogen and oxygen atoms in total. The zero-order valence-electron chi connectivity index (χ0n) is 10.8. The molecule has 0 radical (unpaired) electrons.